The van der Waals surface area contributed by atoms with E-state index in [1.165, 1.54) is 32.1 Å². The Morgan fingerprint density at radius 2 is 2.00 bits per heavy atom. The number of unbranched alkanes of at least 4 members (excludes halogenated alkanes) is 3. The summed E-state index contributed by atoms with van der Waals surface area (Å²) in [6.45, 7) is 5.55. The first kappa shape index (κ1) is 13.8. The van der Waals surface area contributed by atoms with E-state index in [2.05, 4.69) is 24.1 Å². The minimum atomic E-state index is 0.763. The number of hydrogen-bond donors (Lipinski definition) is 2. The van der Waals surface area contributed by atoms with Gasteiger partial charge in [0.2, 0.25) is 0 Å². The SMILES string of the molecule is CC(C)CCCCCCNc1cc(N)ccn1. The van der Waals surface area contributed by atoms with Crippen LogP contribution in [0.25, 0.3) is 0 Å². The molecule has 17 heavy (non-hydrogen) atoms. The highest BCUT2D eigenvalue weighted by Crippen LogP contribution is 2.10. The van der Waals surface area contributed by atoms with Crippen LogP contribution in [-0.4, -0.2) is 11.5 Å². The Balaban J connectivity index is 2.01. The van der Waals surface area contributed by atoms with Crippen molar-refractivity contribution in [1.82, 2.24) is 4.98 Å². The van der Waals surface area contributed by atoms with Gasteiger partial charge in [-0.25, -0.2) is 4.98 Å². The average Bonchev–Trinajstić information content (AvgIpc) is 2.27. The number of anilines is 2. The second-order valence-electron chi connectivity index (χ2n) is 5.00. The van der Waals surface area contributed by atoms with Crippen LogP contribution in [0.15, 0.2) is 18.3 Å². The van der Waals surface area contributed by atoms with Crippen molar-refractivity contribution in [3.63, 3.8) is 0 Å². The van der Waals surface area contributed by atoms with Gasteiger partial charge in [-0.1, -0.05) is 39.5 Å². The van der Waals surface area contributed by atoms with Gasteiger partial charge >= 0.3 is 0 Å². The summed E-state index contributed by atoms with van der Waals surface area (Å²) in [4.78, 5) is 4.21. The number of nitrogens with zero attached hydrogens (tertiary/aromatic N) is 1. The smallest absolute Gasteiger partial charge is 0.127 e. The van der Waals surface area contributed by atoms with Gasteiger partial charge in [0.25, 0.3) is 0 Å². The van der Waals surface area contributed by atoms with Crippen LogP contribution in [0.5, 0.6) is 0 Å². The lowest BCUT2D eigenvalue weighted by Crippen LogP contribution is -2.03. The molecule has 1 aromatic heterocycles. The van der Waals surface area contributed by atoms with Crippen LogP contribution in [-0.2, 0) is 0 Å². The van der Waals surface area contributed by atoms with Gasteiger partial charge in [-0.15, -0.1) is 0 Å². The van der Waals surface area contributed by atoms with Gasteiger partial charge in [0, 0.05) is 24.5 Å². The predicted octanol–water partition coefficient (Wildman–Crippen LogP) is 3.68. The third kappa shape index (κ3) is 6.82. The monoisotopic (exact) mass is 235 g/mol. The highest BCUT2D eigenvalue weighted by atomic mass is 15.0. The maximum atomic E-state index is 5.68. The molecule has 0 spiro atoms. The molecule has 0 atom stereocenters. The number of rotatable bonds is 8. The lowest BCUT2D eigenvalue weighted by molar-refractivity contribution is 0.523. The summed E-state index contributed by atoms with van der Waals surface area (Å²) < 4.78 is 0. The molecule has 3 N–H and O–H groups in total. The highest BCUT2D eigenvalue weighted by Gasteiger charge is 1.96. The van der Waals surface area contributed by atoms with Crippen LogP contribution in [0.4, 0.5) is 11.5 Å². The van der Waals surface area contributed by atoms with E-state index < -0.39 is 0 Å². The first-order valence-electron chi connectivity index (χ1n) is 6.64. The van der Waals surface area contributed by atoms with Gasteiger partial charge in [0.15, 0.2) is 0 Å². The van der Waals surface area contributed by atoms with Crippen molar-refractivity contribution in [1.29, 1.82) is 0 Å². The largest absolute Gasteiger partial charge is 0.399 e. The molecule has 1 heterocycles. The molecule has 0 saturated heterocycles. The van der Waals surface area contributed by atoms with Gasteiger partial charge in [-0.3, -0.25) is 0 Å². The zero-order valence-electron chi connectivity index (χ0n) is 11.1. The maximum Gasteiger partial charge on any atom is 0.127 e. The Bertz CT molecular complexity index is 310. The summed E-state index contributed by atoms with van der Waals surface area (Å²) in [5.74, 6) is 1.72. The van der Waals surface area contributed by atoms with Gasteiger partial charge in [0.1, 0.15) is 5.82 Å². The topological polar surface area (TPSA) is 50.9 Å². The lowest BCUT2D eigenvalue weighted by Gasteiger charge is -2.06. The summed E-state index contributed by atoms with van der Waals surface area (Å²) >= 11 is 0. The minimum Gasteiger partial charge on any atom is -0.399 e. The number of nitrogens with one attached hydrogen (secondary N) is 1. The Hall–Kier alpha value is -1.25. The number of hydrogen-bond acceptors (Lipinski definition) is 3. The van der Waals surface area contributed by atoms with E-state index >= 15 is 0 Å². The van der Waals surface area contributed by atoms with Crippen LogP contribution in [0.1, 0.15) is 46.0 Å². The van der Waals surface area contributed by atoms with Crippen molar-refractivity contribution in [3.8, 4) is 0 Å². The van der Waals surface area contributed by atoms with Crippen molar-refractivity contribution in [2.75, 3.05) is 17.6 Å². The molecule has 0 aliphatic rings. The van der Waals surface area contributed by atoms with Crippen molar-refractivity contribution in [2.24, 2.45) is 5.92 Å². The average molecular weight is 235 g/mol. The van der Waals surface area contributed by atoms with Crippen molar-refractivity contribution < 1.29 is 0 Å². The summed E-state index contributed by atoms with van der Waals surface area (Å²) in [5, 5.41) is 3.29. The molecule has 3 nitrogen and oxygen atoms in total. The quantitative estimate of drug-likeness (QED) is 0.676. The molecule has 0 aliphatic carbocycles. The molecule has 1 rings (SSSR count). The number of pyridine rings is 1. The van der Waals surface area contributed by atoms with Crippen molar-refractivity contribution in [3.05, 3.63) is 18.3 Å². The van der Waals surface area contributed by atoms with Crippen LogP contribution in [0.3, 0.4) is 0 Å². The Morgan fingerprint density at radius 3 is 2.71 bits per heavy atom. The minimum absolute atomic E-state index is 0.763. The van der Waals surface area contributed by atoms with Crippen molar-refractivity contribution >= 4 is 11.5 Å². The first-order valence-corrected chi connectivity index (χ1v) is 6.64. The number of nitrogens with two attached hydrogens (primary N) is 1. The fourth-order valence-corrected chi connectivity index (χ4v) is 1.79. The van der Waals surface area contributed by atoms with Crippen LogP contribution in [0.2, 0.25) is 0 Å². The van der Waals surface area contributed by atoms with Crippen LogP contribution in [0, 0.1) is 5.92 Å². The van der Waals surface area contributed by atoms with E-state index in [-0.39, 0.29) is 0 Å². The van der Waals surface area contributed by atoms with Gasteiger partial charge in [0.05, 0.1) is 0 Å². The molecule has 0 aromatic carbocycles. The molecule has 0 aliphatic heterocycles. The molecular weight excluding hydrogens is 210 g/mol. The van der Waals surface area contributed by atoms with Gasteiger partial charge in [-0.05, 0) is 18.4 Å². The molecule has 1 aromatic rings. The Labute approximate surface area is 105 Å². The van der Waals surface area contributed by atoms with Crippen molar-refractivity contribution in [2.45, 2.75) is 46.0 Å². The predicted molar refractivity (Wildman–Crippen MR) is 75.1 cm³/mol. The second-order valence-corrected chi connectivity index (χ2v) is 5.00. The summed E-state index contributed by atoms with van der Waals surface area (Å²) in [5.41, 5.74) is 6.44. The van der Waals surface area contributed by atoms with E-state index in [1.807, 2.05) is 6.07 Å². The molecule has 96 valence electrons. The third-order valence-corrected chi connectivity index (χ3v) is 2.80. The molecular formula is C14H25N3. The van der Waals surface area contributed by atoms with E-state index in [1.54, 1.807) is 12.3 Å². The zero-order valence-corrected chi connectivity index (χ0v) is 11.1. The molecule has 0 amide bonds. The zero-order chi connectivity index (χ0) is 12.5. The van der Waals surface area contributed by atoms with E-state index in [0.717, 1.165) is 24.0 Å². The molecule has 0 saturated carbocycles. The van der Waals surface area contributed by atoms with E-state index in [4.69, 9.17) is 5.73 Å². The van der Waals surface area contributed by atoms with E-state index in [0.29, 0.717) is 0 Å². The van der Waals surface area contributed by atoms with Crippen LogP contribution >= 0.6 is 0 Å². The maximum absolute atomic E-state index is 5.68. The Kier molecular flexibility index (Phi) is 6.45. The molecule has 0 bridgehead atoms. The summed E-state index contributed by atoms with van der Waals surface area (Å²) in [7, 11) is 0. The Morgan fingerprint density at radius 1 is 1.24 bits per heavy atom. The second kappa shape index (κ2) is 7.93. The fraction of sp³-hybridized carbons (Fsp3) is 0.643. The normalized spacial score (nSPS) is 10.8. The molecule has 0 radical (unpaired) electrons. The summed E-state index contributed by atoms with van der Waals surface area (Å²) in [6, 6.07) is 3.68. The third-order valence-electron chi connectivity index (χ3n) is 2.80. The molecule has 3 heteroatoms. The molecule has 0 unspecified atom stereocenters. The number of aromatic nitrogens is 1. The fourth-order valence-electron chi connectivity index (χ4n) is 1.79. The van der Waals surface area contributed by atoms with Gasteiger partial charge < -0.3 is 11.1 Å². The lowest BCUT2D eigenvalue weighted by atomic mass is 10.0. The summed E-state index contributed by atoms with van der Waals surface area (Å²) in [6.07, 6.45) is 8.28. The standard InChI is InChI=1S/C14H25N3/c1-12(2)7-5-3-4-6-9-16-14-11-13(15)8-10-17-14/h8,10-12H,3-7,9H2,1-2H3,(H3,15,16,17). The number of nitrogen functional groups attached to an aromatic ring is 1. The first-order chi connectivity index (χ1) is 8.18. The van der Waals surface area contributed by atoms with E-state index in [9.17, 15) is 0 Å². The molecule has 0 fully saturated rings. The highest BCUT2D eigenvalue weighted by molar-refractivity contribution is 5.48. The van der Waals surface area contributed by atoms with Gasteiger partial charge in [-0.2, -0.15) is 0 Å². The van der Waals surface area contributed by atoms with Crippen LogP contribution < -0.4 is 11.1 Å².